The average molecular weight is 335 g/mol. The van der Waals surface area contributed by atoms with E-state index < -0.39 is 0 Å². The minimum Gasteiger partial charge on any atom is -0.371 e. The molecule has 0 aliphatic carbocycles. The number of pyridine rings is 1. The molecule has 1 amide bonds. The van der Waals surface area contributed by atoms with Crippen LogP contribution in [0, 0.1) is 18.3 Å². The third-order valence-electron chi connectivity index (χ3n) is 3.79. The second-order valence-electron chi connectivity index (χ2n) is 5.47. The largest absolute Gasteiger partial charge is 0.371 e. The summed E-state index contributed by atoms with van der Waals surface area (Å²) in [5, 5.41) is 12.8. The van der Waals surface area contributed by atoms with Crippen LogP contribution in [0.3, 0.4) is 0 Å². The summed E-state index contributed by atoms with van der Waals surface area (Å²) in [5.41, 5.74) is 6.00. The van der Waals surface area contributed by atoms with Crippen molar-refractivity contribution in [1.29, 1.82) is 5.26 Å². The van der Waals surface area contributed by atoms with Crippen molar-refractivity contribution in [2.75, 3.05) is 18.0 Å². The Balaban J connectivity index is 2.03. The molecule has 0 saturated heterocycles. The minimum absolute atomic E-state index is 0.299. The topological polar surface area (TPSA) is 81.4 Å². The number of anilines is 1. The second-order valence-corrected chi connectivity index (χ2v) is 5.47. The van der Waals surface area contributed by atoms with Gasteiger partial charge < -0.3 is 4.90 Å². The lowest BCUT2D eigenvalue weighted by atomic mass is 10.1. The zero-order chi connectivity index (χ0) is 18.1. The van der Waals surface area contributed by atoms with Gasteiger partial charge in [-0.25, -0.2) is 5.43 Å². The Morgan fingerprint density at radius 3 is 2.92 bits per heavy atom. The summed E-state index contributed by atoms with van der Waals surface area (Å²) in [6.45, 7) is 5.61. The van der Waals surface area contributed by atoms with Crippen molar-refractivity contribution in [2.45, 2.75) is 20.3 Å². The Labute approximate surface area is 147 Å². The quantitative estimate of drug-likeness (QED) is 0.623. The standard InChI is InChI=1S/C19H21N5O/c1-3-24(11-5-9-20)18-8-7-16(15(2)12-18)14-22-23-19(25)17-6-4-10-21-13-17/h4,6-8,10,12-14H,3,5,11H2,1-2H3,(H,23,25)/b22-14-. The first kappa shape index (κ1) is 18.1. The molecule has 0 bridgehead atoms. The van der Waals surface area contributed by atoms with Crippen LogP contribution < -0.4 is 10.3 Å². The molecule has 0 fully saturated rings. The molecule has 2 rings (SSSR count). The second kappa shape index (κ2) is 9.18. The van der Waals surface area contributed by atoms with E-state index in [1.807, 2.05) is 19.1 Å². The summed E-state index contributed by atoms with van der Waals surface area (Å²) in [6.07, 6.45) is 5.22. The van der Waals surface area contributed by atoms with Crippen LogP contribution in [0.25, 0.3) is 0 Å². The Kier molecular flexibility index (Phi) is 6.66. The highest BCUT2D eigenvalue weighted by molar-refractivity contribution is 5.94. The lowest BCUT2D eigenvalue weighted by Crippen LogP contribution is -2.23. The lowest BCUT2D eigenvalue weighted by molar-refractivity contribution is 0.0955. The van der Waals surface area contributed by atoms with E-state index in [2.05, 4.69) is 39.5 Å². The summed E-state index contributed by atoms with van der Waals surface area (Å²) >= 11 is 0. The Bertz CT molecular complexity index is 780. The smallest absolute Gasteiger partial charge is 0.272 e. The number of nitrogens with zero attached hydrogens (tertiary/aromatic N) is 4. The maximum atomic E-state index is 11.9. The highest BCUT2D eigenvalue weighted by atomic mass is 16.2. The molecule has 0 radical (unpaired) electrons. The Morgan fingerprint density at radius 2 is 2.28 bits per heavy atom. The molecule has 1 N–H and O–H groups in total. The molecule has 1 aromatic heterocycles. The van der Waals surface area contributed by atoms with E-state index in [-0.39, 0.29) is 5.91 Å². The number of carbonyl (C=O) groups is 1. The number of carbonyl (C=O) groups excluding carboxylic acids is 1. The van der Waals surface area contributed by atoms with Gasteiger partial charge in [-0.2, -0.15) is 10.4 Å². The van der Waals surface area contributed by atoms with E-state index in [4.69, 9.17) is 5.26 Å². The maximum Gasteiger partial charge on any atom is 0.272 e. The summed E-state index contributed by atoms with van der Waals surface area (Å²) in [6, 6.07) is 11.6. The highest BCUT2D eigenvalue weighted by Gasteiger charge is 2.06. The zero-order valence-corrected chi connectivity index (χ0v) is 14.4. The molecule has 1 heterocycles. The molecule has 128 valence electrons. The van der Waals surface area contributed by atoms with Crippen molar-refractivity contribution in [2.24, 2.45) is 5.10 Å². The molecule has 0 spiro atoms. The zero-order valence-electron chi connectivity index (χ0n) is 14.4. The fraction of sp³-hybridized carbons (Fsp3) is 0.263. The van der Waals surface area contributed by atoms with Crippen LogP contribution in [-0.4, -0.2) is 30.2 Å². The fourth-order valence-corrected chi connectivity index (χ4v) is 2.38. The molecule has 6 nitrogen and oxygen atoms in total. The number of aryl methyl sites for hydroxylation is 1. The lowest BCUT2D eigenvalue weighted by Gasteiger charge is -2.22. The van der Waals surface area contributed by atoms with Crippen LogP contribution in [0.4, 0.5) is 5.69 Å². The molecule has 0 aliphatic rings. The van der Waals surface area contributed by atoms with Crippen molar-refractivity contribution in [3.63, 3.8) is 0 Å². The van der Waals surface area contributed by atoms with Gasteiger partial charge in [0, 0.05) is 31.2 Å². The molecule has 6 heteroatoms. The van der Waals surface area contributed by atoms with Gasteiger partial charge in [-0.15, -0.1) is 0 Å². The Hall–Kier alpha value is -3.20. The molecule has 0 aliphatic heterocycles. The molecule has 1 aromatic carbocycles. The molecule has 0 unspecified atom stereocenters. The monoisotopic (exact) mass is 335 g/mol. The fourth-order valence-electron chi connectivity index (χ4n) is 2.38. The predicted molar refractivity (Wildman–Crippen MR) is 98.6 cm³/mol. The Morgan fingerprint density at radius 1 is 1.44 bits per heavy atom. The molecule has 25 heavy (non-hydrogen) atoms. The van der Waals surface area contributed by atoms with Crippen LogP contribution in [-0.2, 0) is 0 Å². The van der Waals surface area contributed by atoms with E-state index >= 15 is 0 Å². The van der Waals surface area contributed by atoms with Gasteiger partial charge in [0.2, 0.25) is 0 Å². The molecule has 2 aromatic rings. The van der Waals surface area contributed by atoms with Gasteiger partial charge in [-0.1, -0.05) is 6.07 Å². The van der Waals surface area contributed by atoms with E-state index in [0.717, 1.165) is 23.4 Å². The van der Waals surface area contributed by atoms with E-state index in [1.54, 1.807) is 24.5 Å². The van der Waals surface area contributed by atoms with Crippen molar-refractivity contribution in [1.82, 2.24) is 10.4 Å². The number of hydrogen-bond acceptors (Lipinski definition) is 5. The summed E-state index contributed by atoms with van der Waals surface area (Å²) in [5.74, 6) is -0.299. The van der Waals surface area contributed by atoms with Gasteiger partial charge in [0.05, 0.1) is 24.3 Å². The van der Waals surface area contributed by atoms with Crippen molar-refractivity contribution < 1.29 is 4.79 Å². The van der Waals surface area contributed by atoms with Gasteiger partial charge in [-0.05, 0) is 49.2 Å². The summed E-state index contributed by atoms with van der Waals surface area (Å²) in [7, 11) is 0. The minimum atomic E-state index is -0.299. The van der Waals surface area contributed by atoms with E-state index in [1.165, 1.54) is 6.20 Å². The molecule has 0 atom stereocenters. The van der Waals surface area contributed by atoms with Crippen molar-refractivity contribution >= 4 is 17.8 Å². The van der Waals surface area contributed by atoms with Crippen LogP contribution in [0.2, 0.25) is 0 Å². The SMILES string of the molecule is CCN(CCC#N)c1ccc(/C=N\NC(=O)c2cccnc2)c(C)c1. The summed E-state index contributed by atoms with van der Waals surface area (Å²) < 4.78 is 0. The number of aromatic nitrogens is 1. The number of nitriles is 1. The number of amides is 1. The molecular formula is C19H21N5O. The van der Waals surface area contributed by atoms with Crippen LogP contribution in [0.1, 0.15) is 34.8 Å². The van der Waals surface area contributed by atoms with E-state index in [9.17, 15) is 4.79 Å². The number of benzene rings is 1. The number of hydrazone groups is 1. The number of rotatable bonds is 7. The predicted octanol–water partition coefficient (Wildman–Crippen LogP) is 2.89. The third-order valence-corrected chi connectivity index (χ3v) is 3.79. The van der Waals surface area contributed by atoms with Crippen LogP contribution in [0.5, 0.6) is 0 Å². The highest BCUT2D eigenvalue weighted by Crippen LogP contribution is 2.18. The number of hydrogen-bond donors (Lipinski definition) is 1. The van der Waals surface area contributed by atoms with Gasteiger partial charge in [0.1, 0.15) is 0 Å². The van der Waals surface area contributed by atoms with Gasteiger partial charge >= 0.3 is 0 Å². The van der Waals surface area contributed by atoms with Gasteiger partial charge in [-0.3, -0.25) is 9.78 Å². The number of nitrogens with one attached hydrogen (secondary N) is 1. The molecule has 0 saturated carbocycles. The van der Waals surface area contributed by atoms with Crippen LogP contribution in [0.15, 0.2) is 47.8 Å². The van der Waals surface area contributed by atoms with Crippen molar-refractivity contribution in [3.05, 3.63) is 59.4 Å². The first-order chi connectivity index (χ1) is 12.2. The third kappa shape index (κ3) is 5.15. The first-order valence-electron chi connectivity index (χ1n) is 8.11. The van der Waals surface area contributed by atoms with Crippen LogP contribution >= 0.6 is 0 Å². The average Bonchev–Trinajstić information content (AvgIpc) is 2.64. The summed E-state index contributed by atoms with van der Waals surface area (Å²) in [4.78, 5) is 18.0. The van der Waals surface area contributed by atoms with E-state index in [0.29, 0.717) is 18.5 Å². The maximum absolute atomic E-state index is 11.9. The first-order valence-corrected chi connectivity index (χ1v) is 8.11. The van der Waals surface area contributed by atoms with Crippen molar-refractivity contribution in [3.8, 4) is 6.07 Å². The van der Waals surface area contributed by atoms with Gasteiger partial charge in [0.15, 0.2) is 0 Å². The molecular weight excluding hydrogens is 314 g/mol. The van der Waals surface area contributed by atoms with Gasteiger partial charge in [0.25, 0.3) is 5.91 Å². The normalized spacial score (nSPS) is 10.4.